The lowest BCUT2D eigenvalue weighted by molar-refractivity contribution is 0.0247. The molecule has 1 saturated carbocycles. The van der Waals surface area contributed by atoms with Crippen molar-refractivity contribution in [3.63, 3.8) is 0 Å². The summed E-state index contributed by atoms with van der Waals surface area (Å²) in [5, 5.41) is 10.4. The number of rotatable bonds is 4. The maximum atomic E-state index is 10.4. The summed E-state index contributed by atoms with van der Waals surface area (Å²) in [5.74, 6) is 1.40. The van der Waals surface area contributed by atoms with Crippen molar-refractivity contribution < 1.29 is 5.11 Å². The van der Waals surface area contributed by atoms with E-state index in [4.69, 9.17) is 0 Å². The summed E-state index contributed by atoms with van der Waals surface area (Å²) >= 11 is 0. The molecule has 4 unspecified atom stereocenters. The van der Waals surface area contributed by atoms with Crippen LogP contribution in [0.4, 0.5) is 0 Å². The first-order chi connectivity index (χ1) is 10.3. The minimum Gasteiger partial charge on any atom is -0.393 e. The maximum Gasteiger partial charge on any atom is 0.0580 e. The van der Waals surface area contributed by atoms with Gasteiger partial charge < -0.3 is 10.0 Å². The van der Waals surface area contributed by atoms with E-state index < -0.39 is 0 Å². The Balaban J connectivity index is 1.54. The van der Waals surface area contributed by atoms with E-state index in [-0.39, 0.29) is 6.10 Å². The molecule has 0 aromatic heterocycles. The molecular formula is C18H34N2O. The number of nitrogens with zero attached hydrogens (tertiary/aromatic N) is 2. The van der Waals surface area contributed by atoms with Crippen LogP contribution in [0.25, 0.3) is 0 Å². The number of fused-ring (bicyclic) bond motifs is 1. The Bertz CT molecular complexity index is 322. The minimum absolute atomic E-state index is 0.0407. The molecule has 4 atom stereocenters. The zero-order valence-electron chi connectivity index (χ0n) is 13.8. The summed E-state index contributed by atoms with van der Waals surface area (Å²) in [6.45, 7) is 8.56. The first-order valence-electron chi connectivity index (χ1n) is 9.40. The molecule has 2 heterocycles. The Hall–Kier alpha value is -0.120. The van der Waals surface area contributed by atoms with Gasteiger partial charge in [-0.25, -0.2) is 0 Å². The molecule has 21 heavy (non-hydrogen) atoms. The standard InChI is InChI=1S/C18H34N2O/c1-2-5-15-7-8-18(21)16(12-15)13-19-9-4-11-20-10-3-6-17(20)14-19/h15-18,21H,2-14H2,1H3. The molecule has 0 bridgehead atoms. The Kier molecular flexibility index (Phi) is 5.58. The second-order valence-electron chi connectivity index (χ2n) is 7.74. The van der Waals surface area contributed by atoms with Crippen molar-refractivity contribution in [2.24, 2.45) is 11.8 Å². The van der Waals surface area contributed by atoms with Gasteiger partial charge in [0.1, 0.15) is 0 Å². The molecule has 122 valence electrons. The lowest BCUT2D eigenvalue weighted by atomic mass is 9.77. The lowest BCUT2D eigenvalue weighted by Crippen LogP contribution is -2.42. The molecule has 3 aliphatic rings. The van der Waals surface area contributed by atoms with E-state index in [1.54, 1.807) is 0 Å². The average molecular weight is 294 g/mol. The fourth-order valence-corrected chi connectivity index (χ4v) is 4.99. The normalized spacial score (nSPS) is 39.1. The van der Waals surface area contributed by atoms with Crippen LogP contribution in [-0.4, -0.2) is 59.8 Å². The monoisotopic (exact) mass is 294 g/mol. The molecule has 2 saturated heterocycles. The van der Waals surface area contributed by atoms with Crippen molar-refractivity contribution in [2.45, 2.75) is 70.4 Å². The summed E-state index contributed by atoms with van der Waals surface area (Å²) in [7, 11) is 0. The smallest absolute Gasteiger partial charge is 0.0580 e. The van der Waals surface area contributed by atoms with Gasteiger partial charge in [-0.05, 0) is 70.0 Å². The highest BCUT2D eigenvalue weighted by Crippen LogP contribution is 2.33. The molecule has 2 aliphatic heterocycles. The van der Waals surface area contributed by atoms with E-state index in [0.717, 1.165) is 24.9 Å². The predicted molar refractivity (Wildman–Crippen MR) is 87.4 cm³/mol. The molecule has 0 spiro atoms. The van der Waals surface area contributed by atoms with Gasteiger partial charge in [0, 0.05) is 19.1 Å². The molecule has 0 radical (unpaired) electrons. The number of aliphatic hydroxyl groups is 1. The second kappa shape index (κ2) is 7.43. The van der Waals surface area contributed by atoms with Crippen LogP contribution in [0.15, 0.2) is 0 Å². The van der Waals surface area contributed by atoms with Crippen molar-refractivity contribution in [1.82, 2.24) is 9.80 Å². The topological polar surface area (TPSA) is 26.7 Å². The molecule has 1 aliphatic carbocycles. The third-order valence-corrected chi connectivity index (χ3v) is 6.13. The van der Waals surface area contributed by atoms with Crippen LogP contribution in [0.1, 0.15) is 58.3 Å². The van der Waals surface area contributed by atoms with E-state index in [9.17, 15) is 5.11 Å². The molecule has 3 heteroatoms. The highest BCUT2D eigenvalue weighted by Gasteiger charge is 2.33. The molecule has 1 N–H and O–H groups in total. The molecule has 3 nitrogen and oxygen atoms in total. The van der Waals surface area contributed by atoms with E-state index in [1.807, 2.05) is 0 Å². The van der Waals surface area contributed by atoms with Gasteiger partial charge in [-0.2, -0.15) is 0 Å². The SMILES string of the molecule is CCCC1CCC(O)C(CN2CCCN3CCCC3C2)C1. The molecular weight excluding hydrogens is 260 g/mol. The third-order valence-electron chi connectivity index (χ3n) is 6.13. The van der Waals surface area contributed by atoms with E-state index in [0.29, 0.717) is 5.92 Å². The second-order valence-corrected chi connectivity index (χ2v) is 7.74. The van der Waals surface area contributed by atoms with Gasteiger partial charge in [0.25, 0.3) is 0 Å². The van der Waals surface area contributed by atoms with Gasteiger partial charge in [0.15, 0.2) is 0 Å². The van der Waals surface area contributed by atoms with Gasteiger partial charge in [-0.15, -0.1) is 0 Å². The van der Waals surface area contributed by atoms with Crippen LogP contribution in [0.3, 0.4) is 0 Å². The molecule has 3 fully saturated rings. The number of aliphatic hydroxyl groups excluding tert-OH is 1. The first kappa shape index (κ1) is 15.8. The summed E-state index contributed by atoms with van der Waals surface area (Å²) in [5.41, 5.74) is 0. The Labute approximate surface area is 130 Å². The fourth-order valence-electron chi connectivity index (χ4n) is 4.99. The summed E-state index contributed by atoms with van der Waals surface area (Å²) in [6, 6.07) is 0.805. The van der Waals surface area contributed by atoms with Gasteiger partial charge in [-0.3, -0.25) is 4.90 Å². The van der Waals surface area contributed by atoms with Crippen molar-refractivity contribution in [3.05, 3.63) is 0 Å². The lowest BCUT2D eigenvalue weighted by Gasteiger charge is -2.37. The fraction of sp³-hybridized carbons (Fsp3) is 1.00. The molecule has 0 aromatic rings. The Morgan fingerprint density at radius 2 is 1.90 bits per heavy atom. The highest BCUT2D eigenvalue weighted by atomic mass is 16.3. The van der Waals surface area contributed by atoms with Crippen molar-refractivity contribution in [1.29, 1.82) is 0 Å². The quantitative estimate of drug-likeness (QED) is 0.863. The van der Waals surface area contributed by atoms with E-state index in [1.165, 1.54) is 71.1 Å². The van der Waals surface area contributed by atoms with Crippen LogP contribution in [0, 0.1) is 11.8 Å². The summed E-state index contributed by atoms with van der Waals surface area (Å²) in [6.07, 6.45) is 10.3. The Morgan fingerprint density at radius 1 is 1.05 bits per heavy atom. The molecule has 0 aromatic carbocycles. The zero-order chi connectivity index (χ0) is 14.7. The van der Waals surface area contributed by atoms with Crippen LogP contribution in [-0.2, 0) is 0 Å². The van der Waals surface area contributed by atoms with Crippen LogP contribution >= 0.6 is 0 Å². The highest BCUT2D eigenvalue weighted by molar-refractivity contribution is 4.88. The maximum absolute atomic E-state index is 10.4. The number of hydrogen-bond donors (Lipinski definition) is 1. The summed E-state index contributed by atoms with van der Waals surface area (Å²) < 4.78 is 0. The number of hydrogen-bond acceptors (Lipinski definition) is 3. The third kappa shape index (κ3) is 4.00. The Morgan fingerprint density at radius 3 is 2.76 bits per heavy atom. The first-order valence-corrected chi connectivity index (χ1v) is 9.40. The zero-order valence-corrected chi connectivity index (χ0v) is 13.8. The van der Waals surface area contributed by atoms with Crippen LogP contribution < -0.4 is 0 Å². The van der Waals surface area contributed by atoms with E-state index in [2.05, 4.69) is 16.7 Å². The summed E-state index contributed by atoms with van der Waals surface area (Å²) in [4.78, 5) is 5.38. The largest absolute Gasteiger partial charge is 0.393 e. The predicted octanol–water partition coefficient (Wildman–Crippen LogP) is 2.73. The van der Waals surface area contributed by atoms with Gasteiger partial charge >= 0.3 is 0 Å². The molecule has 0 amide bonds. The van der Waals surface area contributed by atoms with Crippen LogP contribution in [0.5, 0.6) is 0 Å². The average Bonchev–Trinajstić information content (AvgIpc) is 2.82. The van der Waals surface area contributed by atoms with Crippen LogP contribution in [0.2, 0.25) is 0 Å². The minimum atomic E-state index is -0.0407. The van der Waals surface area contributed by atoms with E-state index >= 15 is 0 Å². The van der Waals surface area contributed by atoms with Crippen molar-refractivity contribution >= 4 is 0 Å². The van der Waals surface area contributed by atoms with Crippen molar-refractivity contribution in [3.8, 4) is 0 Å². The van der Waals surface area contributed by atoms with Crippen molar-refractivity contribution in [2.75, 3.05) is 32.7 Å². The molecule has 3 rings (SSSR count). The van der Waals surface area contributed by atoms with Gasteiger partial charge in [0.05, 0.1) is 6.10 Å². The van der Waals surface area contributed by atoms with Gasteiger partial charge in [0.2, 0.25) is 0 Å². The van der Waals surface area contributed by atoms with Gasteiger partial charge in [-0.1, -0.05) is 19.8 Å².